The number of hydrogen-bond donors (Lipinski definition) is 1. The Morgan fingerprint density at radius 3 is 2.76 bits per heavy atom. The minimum atomic E-state index is -4.26. The third kappa shape index (κ3) is 4.48. The molecule has 3 atom stereocenters. The molecule has 0 spiro atoms. The topological polar surface area (TPSA) is 32.3 Å². The normalized spacial score (nSPS) is 27.2. The maximum absolute atomic E-state index is 13.8. The first-order valence-electron chi connectivity index (χ1n) is 8.28. The largest absolute Gasteiger partial charge is 0.401 e. The van der Waals surface area contributed by atoms with Crippen molar-refractivity contribution in [2.24, 2.45) is 5.92 Å². The van der Waals surface area contributed by atoms with Crippen LogP contribution < -0.4 is 5.32 Å². The lowest BCUT2D eigenvalue weighted by Gasteiger charge is -2.33. The molecule has 0 bridgehead atoms. The number of piperidine rings is 1. The highest BCUT2D eigenvalue weighted by atomic mass is 19.4. The number of carbonyl (C=O) groups excluding carboxylic acids is 1. The second-order valence-electron chi connectivity index (χ2n) is 6.79. The molecule has 8 heteroatoms. The zero-order valence-corrected chi connectivity index (χ0v) is 13.5. The molecule has 1 N–H and O–H groups in total. The van der Waals surface area contributed by atoms with Gasteiger partial charge >= 0.3 is 6.18 Å². The Morgan fingerprint density at radius 2 is 2.04 bits per heavy atom. The highest BCUT2D eigenvalue weighted by Gasteiger charge is 2.46. The van der Waals surface area contributed by atoms with Crippen molar-refractivity contribution in [2.45, 2.75) is 37.4 Å². The van der Waals surface area contributed by atoms with Gasteiger partial charge in [-0.1, -0.05) is 12.1 Å². The third-order valence-electron chi connectivity index (χ3n) is 4.76. The summed E-state index contributed by atoms with van der Waals surface area (Å²) in [5, 5.41) is 2.77. The van der Waals surface area contributed by atoms with Crippen LogP contribution in [0.25, 0.3) is 0 Å². The van der Waals surface area contributed by atoms with Crippen LogP contribution in [0.5, 0.6) is 0 Å². The van der Waals surface area contributed by atoms with Gasteiger partial charge in [0.2, 0.25) is 5.91 Å². The number of halogens is 5. The van der Waals surface area contributed by atoms with E-state index >= 15 is 0 Å². The molecule has 2 fully saturated rings. The molecule has 1 aromatic rings. The molecule has 1 aromatic carbocycles. The molecule has 138 valence electrons. The van der Waals surface area contributed by atoms with Crippen molar-refractivity contribution >= 4 is 5.91 Å². The highest BCUT2D eigenvalue weighted by Crippen LogP contribution is 2.48. The quantitative estimate of drug-likeness (QED) is 0.835. The standard InChI is InChI=1S/C17H19F5N2O/c18-14-5-1-4-11(15(14)19)12-7-13(12)16(25)23-10-3-2-6-24(8-10)9-17(20,21)22/h1,4-5,10,12-13H,2-3,6-9H2,(H,23,25)/t10-,12+,13+/m1/s1. The summed E-state index contributed by atoms with van der Waals surface area (Å²) < 4.78 is 64.5. The van der Waals surface area contributed by atoms with Gasteiger partial charge < -0.3 is 5.32 Å². The minimum absolute atomic E-state index is 0.150. The van der Waals surface area contributed by atoms with E-state index < -0.39 is 30.3 Å². The lowest BCUT2D eigenvalue weighted by Crippen LogP contribution is -2.50. The molecule has 1 saturated heterocycles. The number of likely N-dealkylation sites (tertiary alicyclic amines) is 1. The van der Waals surface area contributed by atoms with E-state index in [4.69, 9.17) is 0 Å². The van der Waals surface area contributed by atoms with E-state index in [2.05, 4.69) is 5.32 Å². The molecular formula is C17H19F5N2O. The molecule has 0 unspecified atom stereocenters. The molecule has 2 aliphatic rings. The third-order valence-corrected chi connectivity index (χ3v) is 4.76. The zero-order valence-electron chi connectivity index (χ0n) is 13.5. The van der Waals surface area contributed by atoms with Crippen molar-refractivity contribution in [3.05, 3.63) is 35.4 Å². The second-order valence-corrected chi connectivity index (χ2v) is 6.79. The van der Waals surface area contributed by atoms with Gasteiger partial charge in [-0.15, -0.1) is 0 Å². The molecule has 25 heavy (non-hydrogen) atoms. The van der Waals surface area contributed by atoms with Gasteiger partial charge in [0.25, 0.3) is 0 Å². The molecule has 1 amide bonds. The van der Waals surface area contributed by atoms with Gasteiger partial charge in [0.05, 0.1) is 6.54 Å². The smallest absolute Gasteiger partial charge is 0.352 e. The van der Waals surface area contributed by atoms with Crippen LogP contribution in [-0.2, 0) is 4.79 Å². The Balaban J connectivity index is 1.54. The predicted molar refractivity (Wildman–Crippen MR) is 80.9 cm³/mol. The lowest BCUT2D eigenvalue weighted by molar-refractivity contribution is -0.148. The van der Waals surface area contributed by atoms with Crippen LogP contribution >= 0.6 is 0 Å². The fourth-order valence-electron chi connectivity index (χ4n) is 3.51. The highest BCUT2D eigenvalue weighted by molar-refractivity contribution is 5.83. The van der Waals surface area contributed by atoms with E-state index in [-0.39, 0.29) is 30.0 Å². The van der Waals surface area contributed by atoms with Crippen molar-refractivity contribution in [3.8, 4) is 0 Å². The monoisotopic (exact) mass is 362 g/mol. The number of nitrogens with zero attached hydrogens (tertiary/aromatic N) is 1. The molecule has 1 aliphatic heterocycles. The van der Waals surface area contributed by atoms with Crippen molar-refractivity contribution in [1.29, 1.82) is 0 Å². The maximum atomic E-state index is 13.8. The molecule has 0 aromatic heterocycles. The Bertz CT molecular complexity index is 648. The van der Waals surface area contributed by atoms with Gasteiger partial charge in [0.15, 0.2) is 11.6 Å². The van der Waals surface area contributed by atoms with Crippen LogP contribution in [0.2, 0.25) is 0 Å². The Morgan fingerprint density at radius 1 is 1.28 bits per heavy atom. The summed E-state index contributed by atoms with van der Waals surface area (Å²) in [4.78, 5) is 13.6. The molecule has 1 aliphatic carbocycles. The average Bonchev–Trinajstić information content (AvgIpc) is 3.29. The first-order valence-corrected chi connectivity index (χ1v) is 8.28. The van der Waals surface area contributed by atoms with Gasteiger partial charge in [0.1, 0.15) is 0 Å². The first kappa shape index (κ1) is 18.1. The van der Waals surface area contributed by atoms with Crippen LogP contribution in [0.4, 0.5) is 22.0 Å². The van der Waals surface area contributed by atoms with E-state index in [1.54, 1.807) is 0 Å². The van der Waals surface area contributed by atoms with Crippen LogP contribution in [0, 0.1) is 17.6 Å². The molecule has 3 rings (SSSR count). The van der Waals surface area contributed by atoms with Gasteiger partial charge in [-0.2, -0.15) is 13.2 Å². The van der Waals surface area contributed by atoms with E-state index in [1.807, 2.05) is 0 Å². The van der Waals surface area contributed by atoms with Crippen LogP contribution in [0.1, 0.15) is 30.7 Å². The van der Waals surface area contributed by atoms with Crippen molar-refractivity contribution in [3.63, 3.8) is 0 Å². The number of nitrogens with one attached hydrogen (secondary N) is 1. The zero-order chi connectivity index (χ0) is 18.2. The number of hydrogen-bond acceptors (Lipinski definition) is 2. The molecule has 3 nitrogen and oxygen atoms in total. The number of rotatable bonds is 4. The van der Waals surface area contributed by atoms with Gasteiger partial charge in [-0.3, -0.25) is 9.69 Å². The number of amides is 1. The summed E-state index contributed by atoms with van der Waals surface area (Å²) in [6.07, 6.45) is -2.65. The van der Waals surface area contributed by atoms with Crippen LogP contribution in [0.15, 0.2) is 18.2 Å². The fourth-order valence-corrected chi connectivity index (χ4v) is 3.51. The summed E-state index contributed by atoms with van der Waals surface area (Å²) in [5.41, 5.74) is 0.183. The number of benzene rings is 1. The van der Waals surface area contributed by atoms with E-state index in [9.17, 15) is 26.7 Å². The fraction of sp³-hybridized carbons (Fsp3) is 0.588. The number of carbonyl (C=O) groups is 1. The van der Waals surface area contributed by atoms with E-state index in [0.717, 1.165) is 6.07 Å². The lowest BCUT2D eigenvalue weighted by atomic mass is 10.0. The predicted octanol–water partition coefficient (Wildman–Crippen LogP) is 3.21. The van der Waals surface area contributed by atoms with Crippen LogP contribution in [-0.4, -0.2) is 42.7 Å². The first-order chi connectivity index (χ1) is 11.7. The minimum Gasteiger partial charge on any atom is -0.352 e. The van der Waals surface area contributed by atoms with Crippen LogP contribution in [0.3, 0.4) is 0 Å². The van der Waals surface area contributed by atoms with Gasteiger partial charge in [-0.05, 0) is 43.4 Å². The van der Waals surface area contributed by atoms with Crippen molar-refractivity contribution in [1.82, 2.24) is 10.2 Å². The molecule has 1 heterocycles. The summed E-state index contributed by atoms with van der Waals surface area (Å²) in [6.45, 7) is -0.483. The second kappa shape index (κ2) is 6.90. The average molecular weight is 362 g/mol. The summed E-state index contributed by atoms with van der Waals surface area (Å²) >= 11 is 0. The molecule has 1 saturated carbocycles. The van der Waals surface area contributed by atoms with E-state index in [0.29, 0.717) is 25.8 Å². The van der Waals surface area contributed by atoms with Crippen molar-refractivity contribution in [2.75, 3.05) is 19.6 Å². The van der Waals surface area contributed by atoms with Gasteiger partial charge in [0, 0.05) is 18.5 Å². The Labute approximate surface area is 142 Å². The summed E-state index contributed by atoms with van der Waals surface area (Å²) in [6, 6.07) is 3.54. The SMILES string of the molecule is O=C(N[C@@H]1CCCN(CC(F)(F)F)C1)[C@H]1C[C@H]1c1cccc(F)c1F. The maximum Gasteiger partial charge on any atom is 0.401 e. The van der Waals surface area contributed by atoms with Gasteiger partial charge in [-0.25, -0.2) is 8.78 Å². The van der Waals surface area contributed by atoms with Crippen molar-refractivity contribution < 1.29 is 26.7 Å². The summed E-state index contributed by atoms with van der Waals surface area (Å²) in [7, 11) is 0. The molecule has 0 radical (unpaired) electrons. The van der Waals surface area contributed by atoms with E-state index in [1.165, 1.54) is 17.0 Å². The summed E-state index contributed by atoms with van der Waals surface area (Å²) in [5.74, 6) is -3.00. The molecular weight excluding hydrogens is 343 g/mol. The Kier molecular flexibility index (Phi) is 4.99. The Hall–Kier alpha value is -1.70. The number of alkyl halides is 3.